The largest absolute Gasteiger partial charge is 0.454 e. The van der Waals surface area contributed by atoms with E-state index in [0.717, 1.165) is 35.5 Å². The molecule has 0 bridgehead atoms. The molecule has 29 heavy (non-hydrogen) atoms. The van der Waals surface area contributed by atoms with Crippen LogP contribution in [0, 0.1) is 0 Å². The first kappa shape index (κ1) is 17.5. The maximum Gasteiger partial charge on any atom is 0.319 e. The summed E-state index contributed by atoms with van der Waals surface area (Å²) in [5.41, 5.74) is 2.55. The van der Waals surface area contributed by atoms with Crippen LogP contribution in [0.4, 0.5) is 10.5 Å². The number of amides is 2. The van der Waals surface area contributed by atoms with Crippen molar-refractivity contribution in [2.24, 2.45) is 0 Å². The molecule has 2 amide bonds. The van der Waals surface area contributed by atoms with E-state index in [2.05, 4.69) is 20.8 Å². The number of fused-ring (bicyclic) bond motifs is 1. The normalized spacial score (nSPS) is 14.6. The van der Waals surface area contributed by atoms with E-state index in [-0.39, 0.29) is 12.8 Å². The lowest BCUT2D eigenvalue weighted by atomic mass is 10.1. The van der Waals surface area contributed by atoms with Gasteiger partial charge in [-0.3, -0.25) is 0 Å². The molecule has 1 fully saturated rings. The van der Waals surface area contributed by atoms with E-state index in [1.54, 1.807) is 0 Å². The Labute approximate surface area is 167 Å². The fourth-order valence-corrected chi connectivity index (χ4v) is 3.21. The van der Waals surface area contributed by atoms with Gasteiger partial charge in [-0.05, 0) is 42.2 Å². The van der Waals surface area contributed by atoms with Crippen molar-refractivity contribution in [1.82, 2.24) is 15.5 Å². The second-order valence-electron chi connectivity index (χ2n) is 7.15. The number of nitrogens with one attached hydrogen (secondary N) is 2. The van der Waals surface area contributed by atoms with E-state index in [1.807, 2.05) is 42.5 Å². The summed E-state index contributed by atoms with van der Waals surface area (Å²) < 4.78 is 16.0. The molecule has 1 saturated carbocycles. The van der Waals surface area contributed by atoms with Crippen molar-refractivity contribution in [3.05, 3.63) is 65.3 Å². The van der Waals surface area contributed by atoms with Crippen molar-refractivity contribution in [2.75, 3.05) is 12.1 Å². The maximum absolute atomic E-state index is 12.4. The average molecular weight is 392 g/mol. The number of carbonyl (C=O) groups is 1. The number of rotatable bonds is 6. The Morgan fingerprint density at radius 2 is 1.97 bits per heavy atom. The van der Waals surface area contributed by atoms with Gasteiger partial charge in [-0.1, -0.05) is 29.4 Å². The molecule has 3 aromatic rings. The Hall–Kier alpha value is -3.55. The molecule has 0 atom stereocenters. The monoisotopic (exact) mass is 392 g/mol. The van der Waals surface area contributed by atoms with Gasteiger partial charge >= 0.3 is 6.03 Å². The Bertz CT molecular complexity index is 1040. The number of ether oxygens (including phenoxy) is 2. The minimum absolute atomic E-state index is 0.228. The van der Waals surface area contributed by atoms with Crippen molar-refractivity contribution in [3.8, 4) is 11.5 Å². The van der Waals surface area contributed by atoms with Crippen LogP contribution >= 0.6 is 0 Å². The zero-order chi connectivity index (χ0) is 19.6. The number of aromatic nitrogens is 2. The van der Waals surface area contributed by atoms with Gasteiger partial charge < -0.3 is 24.6 Å². The molecular formula is C21H20N4O4. The Kier molecular flexibility index (Phi) is 4.51. The van der Waals surface area contributed by atoms with Crippen LogP contribution in [0.1, 0.15) is 41.6 Å². The maximum atomic E-state index is 12.4. The molecule has 2 heterocycles. The number of benzene rings is 2. The SMILES string of the molecule is O=C(NCc1ccc2c(c1)OCO2)Nc1ccccc1Cc1nc(C2CC2)no1. The van der Waals surface area contributed by atoms with Gasteiger partial charge in [0, 0.05) is 18.2 Å². The van der Waals surface area contributed by atoms with Crippen LogP contribution in [-0.2, 0) is 13.0 Å². The highest BCUT2D eigenvalue weighted by Gasteiger charge is 2.28. The topological polar surface area (TPSA) is 98.5 Å². The van der Waals surface area contributed by atoms with Crippen LogP contribution in [0.2, 0.25) is 0 Å². The summed E-state index contributed by atoms with van der Waals surface area (Å²) in [4.78, 5) is 16.9. The standard InChI is InChI=1S/C21H20N4O4/c26-21(22-11-13-5-8-17-18(9-13)28-12-27-17)23-16-4-2-1-3-15(16)10-19-24-20(25-29-19)14-6-7-14/h1-5,8-9,14H,6-7,10-12H2,(H2,22,23,26). The molecule has 148 valence electrons. The van der Waals surface area contributed by atoms with E-state index in [1.165, 1.54) is 0 Å². The highest BCUT2D eigenvalue weighted by atomic mass is 16.7. The third-order valence-corrected chi connectivity index (χ3v) is 4.92. The van der Waals surface area contributed by atoms with E-state index >= 15 is 0 Å². The van der Waals surface area contributed by atoms with Gasteiger partial charge in [0.25, 0.3) is 0 Å². The Morgan fingerprint density at radius 1 is 1.10 bits per heavy atom. The highest BCUT2D eigenvalue weighted by Crippen LogP contribution is 2.38. The second kappa shape index (κ2) is 7.46. The van der Waals surface area contributed by atoms with Crippen LogP contribution in [-0.4, -0.2) is 23.0 Å². The molecule has 0 saturated heterocycles. The van der Waals surface area contributed by atoms with E-state index in [4.69, 9.17) is 14.0 Å². The van der Waals surface area contributed by atoms with E-state index < -0.39 is 0 Å². The number of nitrogens with zero attached hydrogens (tertiary/aromatic N) is 2. The van der Waals surface area contributed by atoms with Crippen LogP contribution in [0.25, 0.3) is 0 Å². The highest BCUT2D eigenvalue weighted by molar-refractivity contribution is 5.90. The number of carbonyl (C=O) groups excluding carboxylic acids is 1. The molecule has 1 aliphatic heterocycles. The molecule has 8 nitrogen and oxygen atoms in total. The minimum Gasteiger partial charge on any atom is -0.454 e. The van der Waals surface area contributed by atoms with Crippen molar-refractivity contribution in [3.63, 3.8) is 0 Å². The first-order valence-electron chi connectivity index (χ1n) is 9.58. The number of hydrogen-bond donors (Lipinski definition) is 2. The van der Waals surface area contributed by atoms with E-state index in [0.29, 0.717) is 36.2 Å². The molecule has 0 radical (unpaired) electrons. The van der Waals surface area contributed by atoms with Crippen molar-refractivity contribution >= 4 is 11.7 Å². The number of hydrogen-bond acceptors (Lipinski definition) is 6. The van der Waals surface area contributed by atoms with Gasteiger partial charge in [-0.15, -0.1) is 0 Å². The quantitative estimate of drug-likeness (QED) is 0.665. The van der Waals surface area contributed by atoms with Crippen LogP contribution in [0.5, 0.6) is 11.5 Å². The smallest absolute Gasteiger partial charge is 0.319 e. The second-order valence-corrected chi connectivity index (χ2v) is 7.15. The zero-order valence-electron chi connectivity index (χ0n) is 15.7. The number of anilines is 1. The summed E-state index contributed by atoms with van der Waals surface area (Å²) >= 11 is 0. The van der Waals surface area contributed by atoms with Crippen LogP contribution in [0.3, 0.4) is 0 Å². The molecule has 0 unspecified atom stereocenters. The predicted molar refractivity (Wildman–Crippen MR) is 104 cm³/mol. The summed E-state index contributed by atoms with van der Waals surface area (Å²) in [6.45, 7) is 0.602. The lowest BCUT2D eigenvalue weighted by Crippen LogP contribution is -2.28. The molecule has 8 heteroatoms. The molecule has 1 aliphatic carbocycles. The van der Waals surface area contributed by atoms with Gasteiger partial charge in [0.2, 0.25) is 12.7 Å². The molecule has 0 spiro atoms. The fourth-order valence-electron chi connectivity index (χ4n) is 3.21. The van der Waals surface area contributed by atoms with Gasteiger partial charge in [0.05, 0.1) is 6.42 Å². The first-order valence-corrected chi connectivity index (χ1v) is 9.58. The molecule has 2 aliphatic rings. The zero-order valence-corrected chi connectivity index (χ0v) is 15.7. The van der Waals surface area contributed by atoms with Crippen molar-refractivity contribution in [2.45, 2.75) is 31.7 Å². The van der Waals surface area contributed by atoms with Crippen LogP contribution in [0.15, 0.2) is 47.0 Å². The summed E-state index contributed by atoms with van der Waals surface area (Å²) in [6, 6.07) is 12.9. The van der Waals surface area contributed by atoms with E-state index in [9.17, 15) is 4.79 Å². The molecule has 2 N–H and O–H groups in total. The summed E-state index contributed by atoms with van der Waals surface area (Å²) in [7, 11) is 0. The fraction of sp³-hybridized carbons (Fsp3) is 0.286. The molecular weight excluding hydrogens is 372 g/mol. The first-order chi connectivity index (χ1) is 14.2. The predicted octanol–water partition coefficient (Wildman–Crippen LogP) is 3.59. The van der Waals surface area contributed by atoms with Gasteiger partial charge in [-0.25, -0.2) is 4.79 Å². The van der Waals surface area contributed by atoms with Gasteiger partial charge in [0.15, 0.2) is 17.3 Å². The van der Waals surface area contributed by atoms with Gasteiger partial charge in [-0.2, -0.15) is 4.98 Å². The molecule has 2 aromatic carbocycles. The third-order valence-electron chi connectivity index (χ3n) is 4.92. The lowest BCUT2D eigenvalue weighted by molar-refractivity contribution is 0.174. The summed E-state index contributed by atoms with van der Waals surface area (Å²) in [5, 5.41) is 9.81. The van der Waals surface area contributed by atoms with Crippen molar-refractivity contribution in [1.29, 1.82) is 0 Å². The Balaban J connectivity index is 1.21. The van der Waals surface area contributed by atoms with Gasteiger partial charge in [0.1, 0.15) is 0 Å². The number of para-hydroxylation sites is 1. The number of urea groups is 1. The minimum atomic E-state index is -0.292. The lowest BCUT2D eigenvalue weighted by Gasteiger charge is -2.11. The molecule has 5 rings (SSSR count). The molecule has 1 aromatic heterocycles. The third kappa shape index (κ3) is 4.01. The Morgan fingerprint density at radius 3 is 2.86 bits per heavy atom. The van der Waals surface area contributed by atoms with Crippen LogP contribution < -0.4 is 20.1 Å². The van der Waals surface area contributed by atoms with Crippen molar-refractivity contribution < 1.29 is 18.8 Å². The summed E-state index contributed by atoms with van der Waals surface area (Å²) in [6.07, 6.45) is 2.72. The average Bonchev–Trinajstić information content (AvgIpc) is 3.29. The summed E-state index contributed by atoms with van der Waals surface area (Å²) in [5.74, 6) is 3.20.